The number of nitrogens with one attached hydrogen (secondary N) is 1. The highest BCUT2D eigenvalue weighted by Crippen LogP contribution is 2.23. The van der Waals surface area contributed by atoms with Gasteiger partial charge in [-0.1, -0.05) is 13.8 Å². The lowest BCUT2D eigenvalue weighted by atomic mass is 10.2. The van der Waals surface area contributed by atoms with Gasteiger partial charge in [-0.3, -0.25) is 0 Å². The molecule has 7 heteroatoms. The summed E-state index contributed by atoms with van der Waals surface area (Å²) in [5, 5.41) is 2.22. The molecule has 1 aromatic rings. The number of anilines is 1. The van der Waals surface area contributed by atoms with Gasteiger partial charge in [-0.2, -0.15) is 8.78 Å². The first kappa shape index (κ1) is 14.7. The Balaban J connectivity index is 2.79. The molecule has 0 fully saturated rings. The summed E-state index contributed by atoms with van der Waals surface area (Å²) in [5.74, 6) is -3.43. The van der Waals surface area contributed by atoms with Crippen molar-refractivity contribution in [3.8, 4) is 0 Å². The van der Waals surface area contributed by atoms with Crippen LogP contribution in [0.5, 0.6) is 0 Å². The number of nitrogens with zero attached hydrogens (tertiary/aromatic N) is 2. The highest BCUT2D eigenvalue weighted by atomic mass is 19.3. The molecule has 0 aromatic carbocycles. The first-order chi connectivity index (χ1) is 8.22. The Morgan fingerprint density at radius 2 is 1.89 bits per heavy atom. The van der Waals surface area contributed by atoms with Crippen LogP contribution in [-0.2, 0) is 0 Å². The summed E-state index contributed by atoms with van der Waals surface area (Å²) in [5.41, 5.74) is 0.594. The Hall–Kier alpha value is -1.40. The van der Waals surface area contributed by atoms with E-state index in [1.807, 2.05) is 13.8 Å². The van der Waals surface area contributed by atoms with Gasteiger partial charge in [-0.05, 0) is 6.92 Å². The van der Waals surface area contributed by atoms with Gasteiger partial charge in [0.1, 0.15) is 11.6 Å². The molecule has 0 saturated heterocycles. The van der Waals surface area contributed by atoms with Gasteiger partial charge < -0.3 is 5.32 Å². The highest BCUT2D eigenvalue weighted by molar-refractivity contribution is 5.36. The highest BCUT2D eigenvalue weighted by Gasteiger charge is 2.40. The fraction of sp³-hybridized carbons (Fsp3) is 0.636. The molecule has 0 atom stereocenters. The normalized spacial score (nSPS) is 12.3. The lowest BCUT2D eigenvalue weighted by Gasteiger charge is -2.17. The van der Waals surface area contributed by atoms with Crippen LogP contribution in [0.15, 0.2) is 6.07 Å². The van der Waals surface area contributed by atoms with E-state index in [1.54, 1.807) is 6.92 Å². The summed E-state index contributed by atoms with van der Waals surface area (Å²) in [7, 11) is 0. The molecule has 0 aliphatic carbocycles. The summed E-state index contributed by atoms with van der Waals surface area (Å²) in [4.78, 5) is 8.12. The Morgan fingerprint density at radius 1 is 1.28 bits per heavy atom. The molecular formula is C11H15F4N3. The van der Waals surface area contributed by atoms with Crippen LogP contribution in [0.2, 0.25) is 0 Å². The van der Waals surface area contributed by atoms with E-state index in [2.05, 4.69) is 15.3 Å². The number of halogens is 4. The molecule has 0 amide bonds. The molecule has 0 spiro atoms. The van der Waals surface area contributed by atoms with Gasteiger partial charge in [-0.25, -0.2) is 18.7 Å². The number of alkyl halides is 4. The second-order valence-corrected chi connectivity index (χ2v) is 4.32. The largest absolute Gasteiger partial charge is 0.364 e. The third-order valence-corrected chi connectivity index (χ3v) is 2.21. The minimum absolute atomic E-state index is 0.0288. The molecule has 0 bridgehead atoms. The van der Waals surface area contributed by atoms with E-state index in [4.69, 9.17) is 0 Å². The maximum atomic E-state index is 12.7. The van der Waals surface area contributed by atoms with E-state index >= 15 is 0 Å². The van der Waals surface area contributed by atoms with Gasteiger partial charge in [0.05, 0.1) is 6.54 Å². The van der Waals surface area contributed by atoms with Gasteiger partial charge >= 0.3 is 12.3 Å². The van der Waals surface area contributed by atoms with Crippen molar-refractivity contribution >= 4 is 5.82 Å². The smallest absolute Gasteiger partial charge is 0.324 e. The van der Waals surface area contributed by atoms with E-state index in [-0.39, 0.29) is 11.7 Å². The van der Waals surface area contributed by atoms with Crippen LogP contribution in [-0.4, -0.2) is 28.9 Å². The lowest BCUT2D eigenvalue weighted by Crippen LogP contribution is -2.35. The molecule has 0 aliphatic heterocycles. The first-order valence-electron chi connectivity index (χ1n) is 5.48. The van der Waals surface area contributed by atoms with Crippen molar-refractivity contribution in [3.63, 3.8) is 0 Å². The zero-order valence-electron chi connectivity index (χ0n) is 10.3. The van der Waals surface area contributed by atoms with Crippen LogP contribution in [0.4, 0.5) is 23.4 Å². The summed E-state index contributed by atoms with van der Waals surface area (Å²) < 4.78 is 49.4. The van der Waals surface area contributed by atoms with Gasteiger partial charge in [0, 0.05) is 17.7 Å². The van der Waals surface area contributed by atoms with E-state index < -0.39 is 18.9 Å². The van der Waals surface area contributed by atoms with Crippen molar-refractivity contribution < 1.29 is 17.6 Å². The zero-order valence-corrected chi connectivity index (χ0v) is 10.3. The minimum atomic E-state index is -4.07. The zero-order chi connectivity index (χ0) is 13.9. The number of rotatable bonds is 5. The van der Waals surface area contributed by atoms with Crippen LogP contribution >= 0.6 is 0 Å². The van der Waals surface area contributed by atoms with E-state index in [9.17, 15) is 17.6 Å². The van der Waals surface area contributed by atoms with Crippen molar-refractivity contribution in [3.05, 3.63) is 17.6 Å². The van der Waals surface area contributed by atoms with Crippen LogP contribution in [0.25, 0.3) is 0 Å². The summed E-state index contributed by atoms with van der Waals surface area (Å²) in [6.07, 6.45) is -3.70. The third-order valence-electron chi connectivity index (χ3n) is 2.21. The van der Waals surface area contributed by atoms with Crippen LogP contribution in [0, 0.1) is 6.92 Å². The number of aryl methyl sites for hydroxylation is 1. The second kappa shape index (κ2) is 5.49. The van der Waals surface area contributed by atoms with Gasteiger partial charge in [0.2, 0.25) is 0 Å². The molecule has 1 N–H and O–H groups in total. The molecular weight excluding hydrogens is 250 g/mol. The summed E-state index contributed by atoms with van der Waals surface area (Å²) in [6, 6.07) is 1.44. The predicted octanol–water partition coefficient (Wildman–Crippen LogP) is 3.22. The van der Waals surface area contributed by atoms with Crippen LogP contribution in [0.3, 0.4) is 0 Å². The molecule has 1 aromatic heterocycles. The molecule has 1 rings (SSSR count). The van der Waals surface area contributed by atoms with Gasteiger partial charge in [-0.15, -0.1) is 0 Å². The first-order valence-corrected chi connectivity index (χ1v) is 5.48. The average Bonchev–Trinajstić information content (AvgIpc) is 2.25. The quantitative estimate of drug-likeness (QED) is 0.831. The summed E-state index contributed by atoms with van der Waals surface area (Å²) in [6.45, 7) is 4.24. The molecule has 0 unspecified atom stereocenters. The fourth-order valence-electron chi connectivity index (χ4n) is 1.23. The molecule has 102 valence electrons. The van der Waals surface area contributed by atoms with Crippen molar-refractivity contribution in [2.24, 2.45) is 0 Å². The Morgan fingerprint density at radius 3 is 2.39 bits per heavy atom. The molecule has 3 nitrogen and oxygen atoms in total. The standard InChI is InChI=1S/C11H15F4N3/c1-6(2)9-17-7(3)4-8(18-9)16-5-11(14,15)10(12)13/h4,6,10H,5H2,1-3H3,(H,16,17,18). The topological polar surface area (TPSA) is 37.8 Å². The molecule has 0 saturated carbocycles. The molecule has 18 heavy (non-hydrogen) atoms. The predicted molar refractivity (Wildman–Crippen MR) is 60.3 cm³/mol. The second-order valence-electron chi connectivity index (χ2n) is 4.32. The fourth-order valence-corrected chi connectivity index (χ4v) is 1.23. The molecule has 0 aliphatic rings. The number of aromatic nitrogens is 2. The van der Waals surface area contributed by atoms with Crippen LogP contribution in [0.1, 0.15) is 31.3 Å². The molecule has 1 heterocycles. The number of hydrogen-bond acceptors (Lipinski definition) is 3. The summed E-state index contributed by atoms with van der Waals surface area (Å²) >= 11 is 0. The molecule has 0 radical (unpaired) electrons. The number of hydrogen-bond donors (Lipinski definition) is 1. The van der Waals surface area contributed by atoms with Crippen molar-refractivity contribution in [2.45, 2.75) is 39.0 Å². The monoisotopic (exact) mass is 265 g/mol. The average molecular weight is 265 g/mol. The van der Waals surface area contributed by atoms with Crippen molar-refractivity contribution in [2.75, 3.05) is 11.9 Å². The third kappa shape index (κ3) is 3.82. The van der Waals surface area contributed by atoms with Crippen LogP contribution < -0.4 is 5.32 Å². The van der Waals surface area contributed by atoms with Crippen molar-refractivity contribution in [1.29, 1.82) is 0 Å². The maximum Gasteiger partial charge on any atom is 0.324 e. The Kier molecular flexibility index (Phi) is 4.48. The van der Waals surface area contributed by atoms with Crippen molar-refractivity contribution in [1.82, 2.24) is 9.97 Å². The minimum Gasteiger partial charge on any atom is -0.364 e. The Bertz CT molecular complexity index is 407. The van der Waals surface area contributed by atoms with E-state index in [1.165, 1.54) is 6.07 Å². The van der Waals surface area contributed by atoms with Gasteiger partial charge in [0.25, 0.3) is 0 Å². The van der Waals surface area contributed by atoms with E-state index in [0.29, 0.717) is 11.5 Å². The Labute approximate surface area is 103 Å². The van der Waals surface area contributed by atoms with E-state index in [0.717, 1.165) is 0 Å². The SMILES string of the molecule is Cc1cc(NCC(F)(F)C(F)F)nc(C(C)C)n1. The lowest BCUT2D eigenvalue weighted by molar-refractivity contribution is -0.117. The van der Waals surface area contributed by atoms with Gasteiger partial charge in [0.15, 0.2) is 0 Å². The maximum absolute atomic E-state index is 12.7.